The molecule has 0 saturated heterocycles. The molecular weight excluding hydrogens is 328 g/mol. The number of para-hydroxylation sites is 1. The molecule has 0 N–H and O–H groups in total. The molecule has 7 heteroatoms. The van der Waals surface area contributed by atoms with Gasteiger partial charge in [0.25, 0.3) is 5.89 Å². The highest BCUT2D eigenvalue weighted by atomic mass is 16.5. The first-order valence-corrected chi connectivity index (χ1v) is 8.04. The van der Waals surface area contributed by atoms with Crippen LogP contribution in [0.5, 0.6) is 0 Å². The summed E-state index contributed by atoms with van der Waals surface area (Å²) in [6.45, 7) is 0. The molecule has 3 aromatic heterocycles. The Bertz CT molecular complexity index is 1190. The maximum Gasteiger partial charge on any atom is 0.280 e. The Labute approximate surface area is 147 Å². The molecule has 3 heterocycles. The predicted molar refractivity (Wildman–Crippen MR) is 95.4 cm³/mol. The molecule has 0 aliphatic heterocycles. The number of hydrogen-bond donors (Lipinski definition) is 0. The van der Waals surface area contributed by atoms with Crippen LogP contribution in [-0.2, 0) is 0 Å². The summed E-state index contributed by atoms with van der Waals surface area (Å²) in [5.74, 6) is 0.725. The van der Waals surface area contributed by atoms with Crippen molar-refractivity contribution in [1.82, 2.24) is 30.1 Å². The fourth-order valence-electron chi connectivity index (χ4n) is 2.79. The van der Waals surface area contributed by atoms with Crippen molar-refractivity contribution in [3.8, 4) is 28.8 Å². The van der Waals surface area contributed by atoms with Crippen molar-refractivity contribution in [3.63, 3.8) is 0 Å². The van der Waals surface area contributed by atoms with E-state index in [0.717, 1.165) is 16.5 Å². The van der Waals surface area contributed by atoms with Gasteiger partial charge < -0.3 is 4.52 Å². The lowest BCUT2D eigenvalue weighted by Crippen LogP contribution is -1.93. The van der Waals surface area contributed by atoms with Crippen molar-refractivity contribution in [3.05, 3.63) is 73.1 Å². The van der Waals surface area contributed by atoms with Crippen molar-refractivity contribution >= 4 is 10.8 Å². The van der Waals surface area contributed by atoms with E-state index in [4.69, 9.17) is 4.52 Å². The van der Waals surface area contributed by atoms with E-state index < -0.39 is 0 Å². The van der Waals surface area contributed by atoms with Gasteiger partial charge in [-0.2, -0.15) is 4.98 Å². The van der Waals surface area contributed by atoms with Gasteiger partial charge >= 0.3 is 0 Å². The highest BCUT2D eigenvalue weighted by molar-refractivity contribution is 5.92. The first kappa shape index (κ1) is 14.5. The Balaban J connectivity index is 1.54. The minimum absolute atomic E-state index is 0.303. The fraction of sp³-hybridized carbons (Fsp3) is 0. The Morgan fingerprint density at radius 1 is 0.885 bits per heavy atom. The maximum atomic E-state index is 5.39. The molecule has 0 aliphatic carbocycles. The van der Waals surface area contributed by atoms with E-state index in [1.807, 2.05) is 60.7 Å². The third kappa shape index (κ3) is 2.42. The molecule has 0 amide bonds. The van der Waals surface area contributed by atoms with Crippen LogP contribution < -0.4 is 0 Å². The average molecular weight is 340 g/mol. The summed E-state index contributed by atoms with van der Waals surface area (Å²) in [4.78, 5) is 8.86. The number of benzene rings is 2. The Morgan fingerprint density at radius 3 is 2.65 bits per heavy atom. The van der Waals surface area contributed by atoms with E-state index in [9.17, 15) is 0 Å². The molecule has 0 spiro atoms. The van der Waals surface area contributed by atoms with Gasteiger partial charge in [0.2, 0.25) is 5.82 Å². The molecule has 5 rings (SSSR count). The minimum Gasteiger partial charge on any atom is -0.332 e. The molecule has 26 heavy (non-hydrogen) atoms. The Hall–Kier alpha value is -3.87. The molecule has 7 nitrogen and oxygen atoms in total. The quantitative estimate of drug-likeness (QED) is 0.500. The molecule has 124 valence electrons. The fourth-order valence-corrected chi connectivity index (χ4v) is 2.79. The van der Waals surface area contributed by atoms with Crippen LogP contribution in [0.15, 0.2) is 77.6 Å². The van der Waals surface area contributed by atoms with Gasteiger partial charge in [-0.05, 0) is 23.6 Å². The van der Waals surface area contributed by atoms with Crippen molar-refractivity contribution in [2.75, 3.05) is 0 Å². The first-order valence-electron chi connectivity index (χ1n) is 8.04. The number of nitrogens with zero attached hydrogens (tertiary/aromatic N) is 6. The van der Waals surface area contributed by atoms with Gasteiger partial charge in [0.05, 0.1) is 11.9 Å². The van der Waals surface area contributed by atoms with Crippen LogP contribution in [-0.4, -0.2) is 30.1 Å². The lowest BCUT2D eigenvalue weighted by atomic mass is 10.1. The molecular formula is C19H12N6O. The molecule has 0 atom stereocenters. The van der Waals surface area contributed by atoms with Crippen LogP contribution in [0.4, 0.5) is 0 Å². The monoisotopic (exact) mass is 340 g/mol. The summed E-state index contributed by atoms with van der Waals surface area (Å²) < 4.78 is 7.05. The van der Waals surface area contributed by atoms with E-state index in [-0.39, 0.29) is 0 Å². The van der Waals surface area contributed by atoms with Gasteiger partial charge in [-0.1, -0.05) is 52.8 Å². The van der Waals surface area contributed by atoms with Crippen LogP contribution in [0.1, 0.15) is 0 Å². The zero-order valence-corrected chi connectivity index (χ0v) is 13.5. The summed E-state index contributed by atoms with van der Waals surface area (Å²) in [5.41, 5.74) is 2.09. The van der Waals surface area contributed by atoms with E-state index in [1.165, 1.54) is 0 Å². The van der Waals surface area contributed by atoms with Gasteiger partial charge in [0, 0.05) is 11.6 Å². The van der Waals surface area contributed by atoms with E-state index in [2.05, 4.69) is 25.4 Å². The molecule has 0 bridgehead atoms. The van der Waals surface area contributed by atoms with Crippen LogP contribution in [0.2, 0.25) is 0 Å². The molecule has 0 saturated carbocycles. The highest BCUT2D eigenvalue weighted by Crippen LogP contribution is 2.26. The van der Waals surface area contributed by atoms with Crippen molar-refractivity contribution in [1.29, 1.82) is 0 Å². The third-order valence-corrected chi connectivity index (χ3v) is 4.04. The zero-order chi connectivity index (χ0) is 17.3. The average Bonchev–Trinajstić information content (AvgIpc) is 3.38. The third-order valence-electron chi connectivity index (χ3n) is 4.04. The summed E-state index contributed by atoms with van der Waals surface area (Å²) in [5, 5.41) is 14.4. The number of hydrogen-bond acceptors (Lipinski definition) is 6. The summed E-state index contributed by atoms with van der Waals surface area (Å²) in [6.07, 6.45) is 3.49. The highest BCUT2D eigenvalue weighted by Gasteiger charge is 2.16. The second-order valence-electron chi connectivity index (χ2n) is 5.69. The second kappa shape index (κ2) is 5.89. The number of pyridine rings is 1. The lowest BCUT2D eigenvalue weighted by molar-refractivity contribution is 0.431. The van der Waals surface area contributed by atoms with Crippen LogP contribution in [0, 0.1) is 0 Å². The van der Waals surface area contributed by atoms with Crippen LogP contribution in [0.3, 0.4) is 0 Å². The van der Waals surface area contributed by atoms with Crippen LogP contribution in [0.25, 0.3) is 39.6 Å². The Kier molecular flexibility index (Phi) is 3.28. The topological polar surface area (TPSA) is 82.5 Å². The molecule has 0 unspecified atom stereocenters. The number of rotatable bonds is 3. The van der Waals surface area contributed by atoms with Gasteiger partial charge in [-0.25, -0.2) is 4.68 Å². The number of aromatic nitrogens is 6. The second-order valence-corrected chi connectivity index (χ2v) is 5.69. The lowest BCUT2D eigenvalue weighted by Gasteiger charge is -2.00. The molecule has 0 aliphatic rings. The molecule has 0 fully saturated rings. The zero-order valence-electron chi connectivity index (χ0n) is 13.5. The molecule has 5 aromatic rings. The van der Waals surface area contributed by atoms with E-state index in [0.29, 0.717) is 23.1 Å². The standard InChI is InChI=1S/C19H12N6O/c1-2-7-14(8-3-1)25-12-16(22-24-25)19-21-18(23-26-19)17-15-9-5-4-6-13(15)10-11-20-17/h1-12H. The molecule has 2 aromatic carbocycles. The normalized spacial score (nSPS) is 11.1. The van der Waals surface area contributed by atoms with Crippen molar-refractivity contribution in [2.45, 2.75) is 0 Å². The first-order chi connectivity index (χ1) is 12.9. The minimum atomic E-state index is 0.303. The van der Waals surface area contributed by atoms with Crippen molar-refractivity contribution < 1.29 is 4.52 Å². The summed E-state index contributed by atoms with van der Waals surface area (Å²) >= 11 is 0. The predicted octanol–water partition coefficient (Wildman–Crippen LogP) is 3.53. The van der Waals surface area contributed by atoms with Gasteiger partial charge in [0.15, 0.2) is 5.69 Å². The summed E-state index contributed by atoms with van der Waals surface area (Å²) in [6, 6.07) is 19.6. The maximum absolute atomic E-state index is 5.39. The van der Waals surface area contributed by atoms with Gasteiger partial charge in [0.1, 0.15) is 5.69 Å². The van der Waals surface area contributed by atoms with Gasteiger partial charge in [-0.15, -0.1) is 5.10 Å². The number of fused-ring (bicyclic) bond motifs is 1. The smallest absolute Gasteiger partial charge is 0.280 e. The van der Waals surface area contributed by atoms with Crippen LogP contribution >= 0.6 is 0 Å². The molecule has 0 radical (unpaired) electrons. The van der Waals surface area contributed by atoms with Crippen molar-refractivity contribution in [2.24, 2.45) is 0 Å². The van der Waals surface area contributed by atoms with Gasteiger partial charge in [-0.3, -0.25) is 4.98 Å². The Morgan fingerprint density at radius 2 is 1.73 bits per heavy atom. The van der Waals surface area contributed by atoms with E-state index in [1.54, 1.807) is 17.1 Å². The largest absolute Gasteiger partial charge is 0.332 e. The van der Waals surface area contributed by atoms with E-state index >= 15 is 0 Å². The summed E-state index contributed by atoms with van der Waals surface area (Å²) in [7, 11) is 0. The SMILES string of the molecule is c1ccc(-n2cc(-c3nc(-c4nccc5ccccc45)no3)nn2)cc1.